The van der Waals surface area contributed by atoms with Gasteiger partial charge in [0.15, 0.2) is 0 Å². The van der Waals surface area contributed by atoms with Gasteiger partial charge in [-0.1, -0.05) is 0 Å². The Bertz CT molecular complexity index is 291. The lowest BCUT2D eigenvalue weighted by atomic mass is 9.96. The van der Waals surface area contributed by atoms with Gasteiger partial charge in [-0.25, -0.2) is 0 Å². The van der Waals surface area contributed by atoms with Gasteiger partial charge in [0.05, 0.1) is 12.4 Å². The second kappa shape index (κ2) is 3.24. The van der Waals surface area contributed by atoms with Crippen molar-refractivity contribution in [2.24, 2.45) is 5.92 Å². The first-order valence-electron chi connectivity index (χ1n) is 4.63. The molecule has 13 heavy (non-hydrogen) atoms. The van der Waals surface area contributed by atoms with Gasteiger partial charge in [-0.2, -0.15) is 0 Å². The average molecular weight is 179 g/mol. The van der Waals surface area contributed by atoms with Gasteiger partial charge in [-0.05, 0) is 19.1 Å². The largest absolute Gasteiger partial charge is 0.498 e. The van der Waals surface area contributed by atoms with Crippen LogP contribution in [0.2, 0.25) is 0 Å². The lowest BCUT2D eigenvalue weighted by Crippen LogP contribution is -2.14. The molecule has 1 aliphatic carbocycles. The standard InChI is InChI=1S/C10H13NO2/c1-2-13-8-3-4-9-7(5-8)6-10(12)11-9/h3-4,7H,2,5-6H2,1H3,(H,11,12). The molecule has 1 heterocycles. The first kappa shape index (κ1) is 8.35. The molecular formula is C10H13NO2. The molecule has 0 radical (unpaired) electrons. The molecule has 1 N–H and O–H groups in total. The fraction of sp³-hybridized carbons (Fsp3) is 0.500. The number of hydrogen-bond donors (Lipinski definition) is 1. The summed E-state index contributed by atoms with van der Waals surface area (Å²) in [5.74, 6) is 1.45. The maximum absolute atomic E-state index is 11.1. The van der Waals surface area contributed by atoms with E-state index in [1.54, 1.807) is 0 Å². The van der Waals surface area contributed by atoms with E-state index in [9.17, 15) is 4.79 Å². The van der Waals surface area contributed by atoms with Crippen molar-refractivity contribution in [1.29, 1.82) is 0 Å². The minimum atomic E-state index is 0.127. The summed E-state index contributed by atoms with van der Waals surface area (Å²) in [7, 11) is 0. The molecule has 70 valence electrons. The highest BCUT2D eigenvalue weighted by Crippen LogP contribution is 2.30. The highest BCUT2D eigenvalue weighted by atomic mass is 16.5. The summed E-state index contributed by atoms with van der Waals surface area (Å²) >= 11 is 0. The van der Waals surface area contributed by atoms with Crippen LogP contribution in [0.1, 0.15) is 19.8 Å². The predicted octanol–water partition coefficient (Wildman–Crippen LogP) is 1.33. The number of fused-ring (bicyclic) bond motifs is 1. The first-order chi connectivity index (χ1) is 6.29. The van der Waals surface area contributed by atoms with Crippen LogP contribution in [0.3, 0.4) is 0 Å². The van der Waals surface area contributed by atoms with Gasteiger partial charge in [0.1, 0.15) is 0 Å². The molecule has 1 aliphatic heterocycles. The first-order valence-corrected chi connectivity index (χ1v) is 4.63. The van der Waals surface area contributed by atoms with Gasteiger partial charge < -0.3 is 10.1 Å². The normalized spacial score (nSPS) is 25.9. The van der Waals surface area contributed by atoms with Crippen LogP contribution in [-0.4, -0.2) is 12.5 Å². The molecular weight excluding hydrogens is 166 g/mol. The predicted molar refractivity (Wildman–Crippen MR) is 48.7 cm³/mol. The summed E-state index contributed by atoms with van der Waals surface area (Å²) in [4.78, 5) is 11.1. The smallest absolute Gasteiger partial charge is 0.224 e. The van der Waals surface area contributed by atoms with Crippen LogP contribution in [0, 0.1) is 5.92 Å². The van der Waals surface area contributed by atoms with Gasteiger partial charge in [0, 0.05) is 24.5 Å². The maximum atomic E-state index is 11.1. The Morgan fingerprint density at radius 1 is 1.54 bits per heavy atom. The van der Waals surface area contributed by atoms with Gasteiger partial charge >= 0.3 is 0 Å². The van der Waals surface area contributed by atoms with Crippen LogP contribution in [0.25, 0.3) is 0 Å². The minimum Gasteiger partial charge on any atom is -0.498 e. The molecule has 0 saturated carbocycles. The monoisotopic (exact) mass is 179 g/mol. The Labute approximate surface area is 77.5 Å². The minimum absolute atomic E-state index is 0.127. The molecule has 3 nitrogen and oxygen atoms in total. The lowest BCUT2D eigenvalue weighted by molar-refractivity contribution is -0.119. The van der Waals surface area contributed by atoms with E-state index in [-0.39, 0.29) is 5.91 Å². The number of carbonyl (C=O) groups is 1. The maximum Gasteiger partial charge on any atom is 0.224 e. The lowest BCUT2D eigenvalue weighted by Gasteiger charge is -2.17. The SMILES string of the molecule is CCOC1=CC=C2NC(=O)CC2C1. The second-order valence-electron chi connectivity index (χ2n) is 3.34. The number of ether oxygens (including phenoxy) is 1. The van der Waals surface area contributed by atoms with E-state index < -0.39 is 0 Å². The average Bonchev–Trinajstić information content (AvgIpc) is 2.44. The summed E-state index contributed by atoms with van der Waals surface area (Å²) in [5.41, 5.74) is 1.05. The molecule has 2 rings (SSSR count). The van der Waals surface area contributed by atoms with E-state index in [1.165, 1.54) is 0 Å². The van der Waals surface area contributed by atoms with Crippen LogP contribution in [0.5, 0.6) is 0 Å². The molecule has 0 spiro atoms. The fourth-order valence-corrected chi connectivity index (χ4v) is 1.79. The van der Waals surface area contributed by atoms with Crippen LogP contribution < -0.4 is 5.32 Å². The zero-order chi connectivity index (χ0) is 9.26. The summed E-state index contributed by atoms with van der Waals surface area (Å²) < 4.78 is 5.40. The van der Waals surface area contributed by atoms with E-state index in [1.807, 2.05) is 19.1 Å². The van der Waals surface area contributed by atoms with Crippen LogP contribution in [0.4, 0.5) is 0 Å². The van der Waals surface area contributed by atoms with E-state index >= 15 is 0 Å². The second-order valence-corrected chi connectivity index (χ2v) is 3.34. The highest BCUT2D eigenvalue weighted by Gasteiger charge is 2.29. The molecule has 1 unspecified atom stereocenters. The Morgan fingerprint density at radius 3 is 3.15 bits per heavy atom. The van der Waals surface area contributed by atoms with Crippen molar-refractivity contribution in [3.05, 3.63) is 23.6 Å². The van der Waals surface area contributed by atoms with Crippen molar-refractivity contribution in [1.82, 2.24) is 5.32 Å². The van der Waals surface area contributed by atoms with Crippen molar-refractivity contribution >= 4 is 5.91 Å². The quantitative estimate of drug-likeness (QED) is 0.694. The van der Waals surface area contributed by atoms with Crippen LogP contribution in [-0.2, 0) is 9.53 Å². The molecule has 0 bridgehead atoms. The summed E-state index contributed by atoms with van der Waals surface area (Å²) in [6, 6.07) is 0. The Hall–Kier alpha value is -1.25. The number of carbonyl (C=O) groups excluding carboxylic acids is 1. The van der Waals surface area contributed by atoms with Crippen LogP contribution in [0.15, 0.2) is 23.6 Å². The highest BCUT2D eigenvalue weighted by molar-refractivity contribution is 5.82. The molecule has 1 atom stereocenters. The van der Waals surface area contributed by atoms with Gasteiger partial charge in [-0.15, -0.1) is 0 Å². The molecule has 3 heteroatoms. The molecule has 1 amide bonds. The number of hydrogen-bond acceptors (Lipinski definition) is 2. The molecule has 0 aromatic carbocycles. The van der Waals surface area contributed by atoms with E-state index in [0.717, 1.165) is 17.9 Å². The Balaban J connectivity index is 2.08. The Kier molecular flexibility index (Phi) is 2.08. The van der Waals surface area contributed by atoms with Crippen LogP contribution >= 0.6 is 0 Å². The molecule has 1 saturated heterocycles. The summed E-state index contributed by atoms with van der Waals surface area (Å²) in [5, 5.41) is 2.84. The molecule has 0 aromatic heterocycles. The third-order valence-electron chi connectivity index (χ3n) is 2.38. The van der Waals surface area contributed by atoms with E-state index in [4.69, 9.17) is 4.74 Å². The van der Waals surface area contributed by atoms with E-state index in [2.05, 4.69) is 5.32 Å². The Morgan fingerprint density at radius 2 is 2.38 bits per heavy atom. The number of allylic oxidation sites excluding steroid dienone is 4. The molecule has 0 aromatic rings. The van der Waals surface area contributed by atoms with Crippen molar-refractivity contribution < 1.29 is 9.53 Å². The van der Waals surface area contributed by atoms with Crippen molar-refractivity contribution in [2.45, 2.75) is 19.8 Å². The zero-order valence-electron chi connectivity index (χ0n) is 7.67. The van der Waals surface area contributed by atoms with Crippen molar-refractivity contribution in [2.75, 3.05) is 6.61 Å². The summed E-state index contributed by atoms with van der Waals surface area (Å²) in [6.07, 6.45) is 5.36. The van der Waals surface area contributed by atoms with E-state index in [0.29, 0.717) is 18.9 Å². The molecule has 1 fully saturated rings. The van der Waals surface area contributed by atoms with Crippen molar-refractivity contribution in [3.8, 4) is 0 Å². The number of rotatable bonds is 2. The van der Waals surface area contributed by atoms with Crippen molar-refractivity contribution in [3.63, 3.8) is 0 Å². The third-order valence-corrected chi connectivity index (χ3v) is 2.38. The summed E-state index contributed by atoms with van der Waals surface area (Å²) in [6.45, 7) is 2.67. The molecule has 2 aliphatic rings. The zero-order valence-corrected chi connectivity index (χ0v) is 7.67. The third kappa shape index (κ3) is 1.59. The van der Waals surface area contributed by atoms with Gasteiger partial charge in [-0.3, -0.25) is 4.79 Å². The number of amides is 1. The van der Waals surface area contributed by atoms with Gasteiger partial charge in [0.2, 0.25) is 5.91 Å². The van der Waals surface area contributed by atoms with Gasteiger partial charge in [0.25, 0.3) is 0 Å². The number of nitrogens with one attached hydrogen (secondary N) is 1. The topological polar surface area (TPSA) is 38.3 Å². The fourth-order valence-electron chi connectivity index (χ4n) is 1.79.